The third-order valence-electron chi connectivity index (χ3n) is 2.62. The van der Waals surface area contributed by atoms with E-state index in [1.165, 1.54) is 6.08 Å². The lowest BCUT2D eigenvalue weighted by Crippen LogP contribution is -2.45. The van der Waals surface area contributed by atoms with E-state index < -0.39 is 18.0 Å². The first kappa shape index (κ1) is 20.1. The zero-order valence-electron chi connectivity index (χ0n) is 14.0. The van der Waals surface area contributed by atoms with E-state index in [1.807, 2.05) is 52.4 Å². The van der Waals surface area contributed by atoms with Crippen molar-refractivity contribution in [3.05, 3.63) is 36.5 Å². The number of hydrogen-bond acceptors (Lipinski definition) is 4. The molecule has 0 bridgehead atoms. The average molecular weight is 309 g/mol. The van der Waals surface area contributed by atoms with Crippen LogP contribution in [0.5, 0.6) is 0 Å². The lowest BCUT2D eigenvalue weighted by Gasteiger charge is -2.29. The molecule has 0 saturated heterocycles. The molecule has 0 radical (unpaired) electrons. The van der Waals surface area contributed by atoms with Gasteiger partial charge in [0.2, 0.25) is 0 Å². The maximum atomic E-state index is 11.7. The largest absolute Gasteiger partial charge is 0.550 e. The molecule has 124 valence electrons. The molecule has 1 atom stereocenters. The number of carboxylic acids is 1. The van der Waals surface area contributed by atoms with Crippen LogP contribution in [0.15, 0.2) is 36.5 Å². The van der Waals surface area contributed by atoms with E-state index in [1.54, 1.807) is 6.08 Å². The third kappa shape index (κ3) is 13.1. The van der Waals surface area contributed by atoms with Gasteiger partial charge in [0.1, 0.15) is 6.54 Å². The molecule has 0 heterocycles. The molecule has 0 aliphatic carbocycles. The number of carbonyl (C=O) groups excluding carboxylic acids is 2. The minimum Gasteiger partial charge on any atom is -0.550 e. The molecule has 0 aliphatic heterocycles. The van der Waals surface area contributed by atoms with Crippen LogP contribution < -0.4 is 5.11 Å². The Bertz CT molecular complexity index is 430. The lowest BCUT2D eigenvalue weighted by molar-refractivity contribution is -0.873. The minimum atomic E-state index is -1.22. The van der Waals surface area contributed by atoms with Gasteiger partial charge in [-0.2, -0.15) is 0 Å². The quantitative estimate of drug-likeness (QED) is 0.200. The van der Waals surface area contributed by atoms with Crippen molar-refractivity contribution < 1.29 is 23.9 Å². The van der Waals surface area contributed by atoms with E-state index in [-0.39, 0.29) is 6.42 Å². The van der Waals surface area contributed by atoms with Gasteiger partial charge in [0.25, 0.3) is 0 Å². The standard InChI is InChI=1S/C17H27NO4/c1-5-6-7-8-9-10-11-12-17(21)22-15(13-16(19)20)14-18(2,3)4/h5-8,11-12,15H,9-10,13-14H2,1-4H3/b6-5+,8-7+,12-11+. The Kier molecular flexibility index (Phi) is 9.87. The Morgan fingerprint density at radius 3 is 2.32 bits per heavy atom. The van der Waals surface area contributed by atoms with Crippen LogP contribution in [0, 0.1) is 0 Å². The highest BCUT2D eigenvalue weighted by atomic mass is 16.5. The van der Waals surface area contributed by atoms with E-state index in [4.69, 9.17) is 4.74 Å². The van der Waals surface area contributed by atoms with Crippen LogP contribution in [-0.2, 0) is 14.3 Å². The van der Waals surface area contributed by atoms with Crippen molar-refractivity contribution in [2.45, 2.75) is 32.3 Å². The van der Waals surface area contributed by atoms with Crippen molar-refractivity contribution in [2.24, 2.45) is 0 Å². The normalized spacial score (nSPS) is 14.0. The second-order valence-corrected chi connectivity index (χ2v) is 6.04. The van der Waals surface area contributed by atoms with E-state index in [2.05, 4.69) is 0 Å². The molecule has 0 spiro atoms. The predicted octanol–water partition coefficient (Wildman–Crippen LogP) is 1.21. The number of rotatable bonds is 10. The molecule has 0 saturated carbocycles. The van der Waals surface area contributed by atoms with Crippen molar-refractivity contribution in [1.29, 1.82) is 0 Å². The molecule has 0 aromatic rings. The molecule has 0 fully saturated rings. The number of nitrogens with zero attached hydrogens (tertiary/aromatic N) is 1. The fourth-order valence-corrected chi connectivity index (χ4v) is 1.80. The lowest BCUT2D eigenvalue weighted by atomic mass is 10.2. The van der Waals surface area contributed by atoms with Gasteiger partial charge in [-0.3, -0.25) is 0 Å². The van der Waals surface area contributed by atoms with E-state index in [9.17, 15) is 14.7 Å². The molecule has 0 aromatic carbocycles. The minimum absolute atomic E-state index is 0.290. The first-order valence-electron chi connectivity index (χ1n) is 7.40. The number of carboxylic acid groups (broad SMARTS) is 1. The Balaban J connectivity index is 4.29. The topological polar surface area (TPSA) is 66.4 Å². The van der Waals surface area contributed by atoms with Crippen molar-refractivity contribution >= 4 is 11.9 Å². The van der Waals surface area contributed by atoms with Crippen LogP contribution in [0.1, 0.15) is 26.2 Å². The fraction of sp³-hybridized carbons (Fsp3) is 0.529. The number of quaternary nitrogens is 1. The Morgan fingerprint density at radius 1 is 1.14 bits per heavy atom. The van der Waals surface area contributed by atoms with Gasteiger partial charge < -0.3 is 19.1 Å². The highest BCUT2D eigenvalue weighted by molar-refractivity contribution is 5.82. The zero-order valence-corrected chi connectivity index (χ0v) is 14.0. The number of likely N-dealkylation sites (N-methyl/N-ethyl adjacent to an activating group) is 1. The van der Waals surface area contributed by atoms with E-state index in [0.717, 1.165) is 12.8 Å². The summed E-state index contributed by atoms with van der Waals surface area (Å²) in [6.45, 7) is 2.36. The van der Waals surface area contributed by atoms with E-state index >= 15 is 0 Å². The number of hydrogen-bond donors (Lipinski definition) is 0. The smallest absolute Gasteiger partial charge is 0.330 e. The molecule has 0 aliphatic rings. The molecule has 1 unspecified atom stereocenters. The van der Waals surface area contributed by atoms with Gasteiger partial charge in [-0.15, -0.1) is 0 Å². The van der Waals surface area contributed by atoms with Crippen LogP contribution in [0.25, 0.3) is 0 Å². The second kappa shape index (κ2) is 10.8. The van der Waals surface area contributed by atoms with E-state index in [0.29, 0.717) is 11.0 Å². The molecule has 22 heavy (non-hydrogen) atoms. The number of aliphatic carboxylic acids is 1. The summed E-state index contributed by atoms with van der Waals surface area (Å²) >= 11 is 0. The molecule has 5 heteroatoms. The van der Waals surface area contributed by atoms with Crippen LogP contribution >= 0.6 is 0 Å². The number of esters is 1. The summed E-state index contributed by atoms with van der Waals surface area (Å²) in [7, 11) is 5.72. The summed E-state index contributed by atoms with van der Waals surface area (Å²) in [4.78, 5) is 22.4. The summed E-state index contributed by atoms with van der Waals surface area (Å²) in [6.07, 6.45) is 11.5. The number of unbranched alkanes of at least 4 members (excludes halogenated alkanes) is 1. The van der Waals surface area contributed by atoms with Crippen LogP contribution in [-0.4, -0.2) is 50.2 Å². The zero-order chi connectivity index (χ0) is 17.0. The summed E-state index contributed by atoms with van der Waals surface area (Å²) < 4.78 is 5.70. The average Bonchev–Trinajstić information content (AvgIpc) is 2.34. The molecule has 0 amide bonds. The Labute approximate surface area is 133 Å². The van der Waals surface area contributed by atoms with Gasteiger partial charge in [-0.25, -0.2) is 4.79 Å². The second-order valence-electron chi connectivity index (χ2n) is 6.04. The van der Waals surface area contributed by atoms with Crippen molar-refractivity contribution in [2.75, 3.05) is 27.7 Å². The number of allylic oxidation sites excluding steroid dienone is 5. The maximum Gasteiger partial charge on any atom is 0.330 e. The summed E-state index contributed by atoms with van der Waals surface area (Å²) in [6, 6.07) is 0. The summed E-state index contributed by atoms with van der Waals surface area (Å²) in [5, 5.41) is 10.7. The Morgan fingerprint density at radius 2 is 1.77 bits per heavy atom. The monoisotopic (exact) mass is 309 g/mol. The first-order valence-corrected chi connectivity index (χ1v) is 7.40. The van der Waals surface area contributed by atoms with Gasteiger partial charge in [0.05, 0.1) is 21.1 Å². The van der Waals surface area contributed by atoms with Gasteiger partial charge in [0.15, 0.2) is 6.10 Å². The summed E-state index contributed by atoms with van der Waals surface area (Å²) in [5.74, 6) is -1.73. The van der Waals surface area contributed by atoms with Gasteiger partial charge in [-0.05, 0) is 19.8 Å². The first-order chi connectivity index (χ1) is 10.2. The van der Waals surface area contributed by atoms with Crippen molar-refractivity contribution in [3.8, 4) is 0 Å². The van der Waals surface area contributed by atoms with Crippen molar-refractivity contribution in [1.82, 2.24) is 0 Å². The highest BCUT2D eigenvalue weighted by Gasteiger charge is 2.21. The molecule has 0 aromatic heterocycles. The SMILES string of the molecule is C/C=C/C=C/CC/C=C/C(=O)OC(CC(=O)[O-])C[N+](C)(C)C. The number of ether oxygens (including phenoxy) is 1. The van der Waals surface area contributed by atoms with Crippen molar-refractivity contribution in [3.63, 3.8) is 0 Å². The maximum absolute atomic E-state index is 11.7. The van der Waals surface area contributed by atoms with Gasteiger partial charge >= 0.3 is 5.97 Å². The van der Waals surface area contributed by atoms with Crippen LogP contribution in [0.4, 0.5) is 0 Å². The Hall–Kier alpha value is -1.88. The predicted molar refractivity (Wildman–Crippen MR) is 84.7 cm³/mol. The fourth-order valence-electron chi connectivity index (χ4n) is 1.80. The summed E-state index contributed by atoms with van der Waals surface area (Å²) in [5.41, 5.74) is 0. The molecule has 0 rings (SSSR count). The number of carbonyl (C=O) groups is 2. The van der Waals surface area contributed by atoms with Gasteiger partial charge in [0, 0.05) is 18.5 Å². The molecule has 0 N–H and O–H groups in total. The third-order valence-corrected chi connectivity index (χ3v) is 2.62. The van der Waals surface area contributed by atoms with Crippen LogP contribution in [0.3, 0.4) is 0 Å². The van der Waals surface area contributed by atoms with Gasteiger partial charge in [-0.1, -0.05) is 30.4 Å². The molecule has 5 nitrogen and oxygen atoms in total. The highest BCUT2D eigenvalue weighted by Crippen LogP contribution is 2.05. The molecular formula is C17H27NO4. The molecular weight excluding hydrogens is 282 g/mol. The van der Waals surface area contributed by atoms with Crippen LogP contribution in [0.2, 0.25) is 0 Å².